The fourth-order valence-corrected chi connectivity index (χ4v) is 6.17. The van der Waals surface area contributed by atoms with Gasteiger partial charge in [-0.25, -0.2) is 8.42 Å². The zero-order valence-electron chi connectivity index (χ0n) is 21.7. The molecule has 1 unspecified atom stereocenters. The van der Waals surface area contributed by atoms with Crippen molar-refractivity contribution in [2.75, 3.05) is 32.6 Å². The summed E-state index contributed by atoms with van der Waals surface area (Å²) >= 11 is 0. The zero-order valence-corrected chi connectivity index (χ0v) is 22.5. The third-order valence-electron chi connectivity index (χ3n) is 7.38. The summed E-state index contributed by atoms with van der Waals surface area (Å²) in [6.07, 6.45) is 2.97. The molecule has 204 valence electrons. The molecule has 1 saturated heterocycles. The first kappa shape index (κ1) is 26.2. The van der Waals surface area contributed by atoms with Crippen molar-refractivity contribution >= 4 is 38.4 Å². The molecule has 0 radical (unpaired) electrons. The van der Waals surface area contributed by atoms with Gasteiger partial charge >= 0.3 is 0 Å². The lowest BCUT2D eigenvalue weighted by molar-refractivity contribution is -0.130. The number of nitrogens with one attached hydrogen (secondary N) is 3. The fourth-order valence-electron chi connectivity index (χ4n) is 4.81. The lowest BCUT2D eigenvalue weighted by Gasteiger charge is -2.21. The van der Waals surface area contributed by atoms with Gasteiger partial charge in [0.1, 0.15) is 23.2 Å². The van der Waals surface area contributed by atoms with Crippen LogP contribution in [0.15, 0.2) is 36.9 Å². The number of nitrogens with zero attached hydrogens (tertiary/aromatic N) is 2. The lowest BCUT2D eigenvalue weighted by atomic mass is 10.1. The summed E-state index contributed by atoms with van der Waals surface area (Å²) in [6, 6.07) is 6.99. The first-order chi connectivity index (χ1) is 18.1. The van der Waals surface area contributed by atoms with E-state index in [1.54, 1.807) is 13.2 Å². The molecular formula is C26H33N5O6S. The number of anilines is 1. The highest BCUT2D eigenvalue weighted by Crippen LogP contribution is 2.45. The van der Waals surface area contributed by atoms with Crippen molar-refractivity contribution in [1.29, 1.82) is 0 Å². The van der Waals surface area contributed by atoms with E-state index in [2.05, 4.69) is 26.9 Å². The number of sulfonamides is 1. The van der Waals surface area contributed by atoms with E-state index in [4.69, 9.17) is 9.47 Å². The second-order valence-corrected chi connectivity index (χ2v) is 12.3. The number of ether oxygens (including phenoxy) is 2. The molecule has 11 nitrogen and oxygen atoms in total. The van der Waals surface area contributed by atoms with Crippen LogP contribution < -0.4 is 29.7 Å². The molecule has 5 rings (SSSR count). The molecule has 3 fully saturated rings. The Labute approximate surface area is 222 Å². The number of fused-ring (bicyclic) bond motifs is 1. The lowest BCUT2D eigenvalue weighted by Crippen LogP contribution is -2.55. The molecule has 12 heteroatoms. The van der Waals surface area contributed by atoms with Crippen LogP contribution in [0.2, 0.25) is 0 Å². The van der Waals surface area contributed by atoms with Crippen molar-refractivity contribution in [3.8, 4) is 11.6 Å². The van der Waals surface area contributed by atoms with Crippen LogP contribution in [0.3, 0.4) is 0 Å². The molecule has 2 heterocycles. The van der Waals surface area contributed by atoms with Crippen LogP contribution in [0.1, 0.15) is 25.7 Å². The SMILES string of the molecule is C=C[C@@H]1C[C@]1(NC(=O)[C@@H]1CC(Oc2nc(N(C)C)cc3cc(OC)ccc23)CN1)C(=O)NS(=O)(=O)C1CC1. The zero-order chi connectivity index (χ0) is 27.2. The van der Waals surface area contributed by atoms with E-state index >= 15 is 0 Å². The molecule has 3 aliphatic rings. The van der Waals surface area contributed by atoms with Gasteiger partial charge in [0.05, 0.1) is 18.4 Å². The summed E-state index contributed by atoms with van der Waals surface area (Å²) in [6.45, 7) is 4.13. The number of hydrogen-bond donors (Lipinski definition) is 3. The number of pyridine rings is 1. The first-order valence-electron chi connectivity index (χ1n) is 12.6. The van der Waals surface area contributed by atoms with Crippen molar-refractivity contribution in [2.24, 2.45) is 5.92 Å². The third-order valence-corrected chi connectivity index (χ3v) is 9.20. The minimum Gasteiger partial charge on any atom is -0.497 e. The maximum Gasteiger partial charge on any atom is 0.259 e. The second kappa shape index (κ2) is 9.73. The molecule has 1 aromatic carbocycles. The van der Waals surface area contributed by atoms with Gasteiger partial charge in [0.2, 0.25) is 21.8 Å². The predicted molar refractivity (Wildman–Crippen MR) is 143 cm³/mol. The van der Waals surface area contributed by atoms with E-state index < -0.39 is 32.8 Å². The van der Waals surface area contributed by atoms with Gasteiger partial charge in [-0.2, -0.15) is 4.98 Å². The smallest absolute Gasteiger partial charge is 0.259 e. The highest BCUT2D eigenvalue weighted by Gasteiger charge is 2.61. The van der Waals surface area contributed by atoms with E-state index in [-0.39, 0.29) is 17.9 Å². The van der Waals surface area contributed by atoms with E-state index in [0.29, 0.717) is 38.1 Å². The van der Waals surface area contributed by atoms with Crippen LogP contribution in [-0.4, -0.2) is 75.9 Å². The number of methoxy groups -OCH3 is 1. The number of rotatable bonds is 10. The predicted octanol–water partition coefficient (Wildman–Crippen LogP) is 1.09. The van der Waals surface area contributed by atoms with Crippen LogP contribution in [0.4, 0.5) is 5.82 Å². The Morgan fingerprint density at radius 1 is 1.26 bits per heavy atom. The van der Waals surface area contributed by atoms with E-state index in [0.717, 1.165) is 22.3 Å². The van der Waals surface area contributed by atoms with Crippen LogP contribution >= 0.6 is 0 Å². The number of aromatic nitrogens is 1. The summed E-state index contributed by atoms with van der Waals surface area (Å²) in [5.41, 5.74) is -1.31. The largest absolute Gasteiger partial charge is 0.497 e. The number of hydrogen-bond acceptors (Lipinski definition) is 9. The average Bonchev–Trinajstić information content (AvgIpc) is 3.80. The summed E-state index contributed by atoms with van der Waals surface area (Å²) in [5.74, 6) is 0.468. The Balaban J connectivity index is 1.27. The van der Waals surface area contributed by atoms with E-state index in [1.807, 2.05) is 43.3 Å². The standard InChI is InChI=1S/C26H33N5O6S/c1-5-16-13-26(16,25(33)30-38(34,35)19-7-8-19)29-23(32)21-12-18(14-27-21)37-24-20-9-6-17(36-4)10-15(20)11-22(28-24)31(2)3/h5-6,9-11,16,18-19,21,27H,1,7-8,12-14H2,2-4H3,(H,29,32)(H,30,33)/t16-,18?,21+,26-/m1/s1. The first-order valence-corrected chi connectivity index (χ1v) is 14.2. The third kappa shape index (κ3) is 5.02. The molecule has 4 atom stereocenters. The van der Waals surface area contributed by atoms with Crippen molar-refractivity contribution in [3.63, 3.8) is 0 Å². The van der Waals surface area contributed by atoms with Crippen molar-refractivity contribution in [2.45, 2.75) is 48.6 Å². The van der Waals surface area contributed by atoms with Gasteiger partial charge in [-0.1, -0.05) is 6.08 Å². The van der Waals surface area contributed by atoms with Crippen molar-refractivity contribution in [3.05, 3.63) is 36.9 Å². The number of benzene rings is 1. The minimum atomic E-state index is -3.73. The maximum absolute atomic E-state index is 13.2. The molecule has 38 heavy (non-hydrogen) atoms. The highest BCUT2D eigenvalue weighted by molar-refractivity contribution is 7.91. The van der Waals surface area contributed by atoms with Crippen LogP contribution in [0, 0.1) is 5.92 Å². The van der Waals surface area contributed by atoms with Gasteiger partial charge in [0.25, 0.3) is 5.91 Å². The molecule has 2 saturated carbocycles. The summed E-state index contributed by atoms with van der Waals surface area (Å²) < 4.78 is 38.4. The molecule has 2 aliphatic carbocycles. The summed E-state index contributed by atoms with van der Waals surface area (Å²) in [4.78, 5) is 32.7. The van der Waals surface area contributed by atoms with Gasteiger partial charge in [-0.05, 0) is 48.9 Å². The summed E-state index contributed by atoms with van der Waals surface area (Å²) in [5, 5.41) is 7.16. The maximum atomic E-state index is 13.2. The quantitative estimate of drug-likeness (QED) is 0.376. The molecule has 1 aliphatic heterocycles. The van der Waals surface area contributed by atoms with Crippen molar-refractivity contribution < 1.29 is 27.5 Å². The van der Waals surface area contributed by atoms with Gasteiger partial charge in [-0.15, -0.1) is 6.58 Å². The highest BCUT2D eigenvalue weighted by atomic mass is 32.2. The Morgan fingerprint density at radius 2 is 2.03 bits per heavy atom. The van der Waals surface area contributed by atoms with Crippen LogP contribution in [0.5, 0.6) is 11.6 Å². The Bertz CT molecular complexity index is 1390. The fraction of sp³-hybridized carbons (Fsp3) is 0.500. The van der Waals surface area contributed by atoms with Crippen molar-refractivity contribution in [1.82, 2.24) is 20.3 Å². The minimum absolute atomic E-state index is 0.303. The van der Waals surface area contributed by atoms with E-state index in [1.165, 1.54) is 0 Å². The molecule has 0 spiro atoms. The topological polar surface area (TPSA) is 139 Å². The van der Waals surface area contributed by atoms with E-state index in [9.17, 15) is 18.0 Å². The normalized spacial score (nSPS) is 26.4. The number of carbonyl (C=O) groups excluding carboxylic acids is 2. The molecule has 0 bridgehead atoms. The molecule has 1 aromatic heterocycles. The van der Waals surface area contributed by atoms with Gasteiger partial charge in [0, 0.05) is 38.4 Å². The Kier molecular flexibility index (Phi) is 6.72. The molecule has 2 amide bonds. The van der Waals surface area contributed by atoms with Crippen LogP contribution in [0.25, 0.3) is 10.8 Å². The van der Waals surface area contributed by atoms with Crippen LogP contribution in [-0.2, 0) is 19.6 Å². The van der Waals surface area contributed by atoms with Gasteiger partial charge in [-0.3, -0.25) is 14.3 Å². The molecule has 3 N–H and O–H groups in total. The van der Waals surface area contributed by atoms with Gasteiger partial charge < -0.3 is 25.0 Å². The summed E-state index contributed by atoms with van der Waals surface area (Å²) in [7, 11) is 1.67. The average molecular weight is 544 g/mol. The molecular weight excluding hydrogens is 510 g/mol. The monoisotopic (exact) mass is 543 g/mol. The Hall–Kier alpha value is -3.38. The number of carbonyl (C=O) groups is 2. The number of amides is 2. The second-order valence-electron chi connectivity index (χ2n) is 10.4. The molecule has 2 aromatic rings. The Morgan fingerprint density at radius 3 is 2.66 bits per heavy atom. The van der Waals surface area contributed by atoms with Gasteiger partial charge in [0.15, 0.2) is 0 Å².